The first-order valence-corrected chi connectivity index (χ1v) is 8.95. The fourth-order valence-corrected chi connectivity index (χ4v) is 3.53. The molecule has 3 aromatic rings. The van der Waals surface area contributed by atoms with Gasteiger partial charge in [-0.05, 0) is 36.0 Å². The summed E-state index contributed by atoms with van der Waals surface area (Å²) in [5.41, 5.74) is 9.05. The van der Waals surface area contributed by atoms with Gasteiger partial charge in [-0.25, -0.2) is 0 Å². The van der Waals surface area contributed by atoms with E-state index in [0.29, 0.717) is 0 Å². The molecule has 1 heterocycles. The highest BCUT2D eigenvalue weighted by Gasteiger charge is 2.18. The molecule has 0 atom stereocenters. The van der Waals surface area contributed by atoms with Crippen LogP contribution < -0.4 is 0 Å². The van der Waals surface area contributed by atoms with Crippen LogP contribution in [0.1, 0.15) is 37.6 Å². The largest absolute Gasteiger partial charge is 0.252 e. The molecular weight excluding hydrogens is 290 g/mol. The highest BCUT2D eigenvalue weighted by atomic mass is 14.7. The average molecular weight is 315 g/mol. The van der Waals surface area contributed by atoms with E-state index in [9.17, 15) is 0 Å². The Kier molecular flexibility index (Phi) is 5.10. The predicted octanol–water partition coefficient (Wildman–Crippen LogP) is 6.10. The number of nitrogens with zero attached hydrogens (tertiary/aromatic N) is 1. The average Bonchev–Trinajstić information content (AvgIpc) is 2.67. The summed E-state index contributed by atoms with van der Waals surface area (Å²) in [6.07, 6.45) is 2.98. The molecule has 0 N–H and O–H groups in total. The number of aryl methyl sites for hydroxylation is 1. The maximum Gasteiger partial charge on any atom is 0.0740 e. The smallest absolute Gasteiger partial charge is 0.0740 e. The topological polar surface area (TPSA) is 12.9 Å². The Morgan fingerprint density at radius 2 is 1.17 bits per heavy atom. The van der Waals surface area contributed by atoms with E-state index in [4.69, 9.17) is 4.98 Å². The Balaban J connectivity index is 2.32. The molecule has 0 spiro atoms. The number of pyridine rings is 1. The van der Waals surface area contributed by atoms with Crippen molar-refractivity contribution >= 4 is 0 Å². The number of hydrogen-bond donors (Lipinski definition) is 0. The lowest BCUT2D eigenvalue weighted by molar-refractivity contribution is 0.967. The van der Waals surface area contributed by atoms with Crippen molar-refractivity contribution in [2.24, 2.45) is 0 Å². The van der Waals surface area contributed by atoms with Crippen molar-refractivity contribution in [2.75, 3.05) is 0 Å². The fraction of sp³-hybridized carbons (Fsp3) is 0.261. The Morgan fingerprint density at radius 1 is 0.625 bits per heavy atom. The Labute approximate surface area is 145 Å². The van der Waals surface area contributed by atoms with Gasteiger partial charge in [-0.15, -0.1) is 0 Å². The third kappa shape index (κ3) is 2.99. The van der Waals surface area contributed by atoms with E-state index in [1.54, 1.807) is 0 Å². The molecule has 0 aliphatic carbocycles. The van der Waals surface area contributed by atoms with Gasteiger partial charge in [0.2, 0.25) is 0 Å². The molecule has 1 aromatic heterocycles. The molecule has 3 rings (SSSR count). The number of aromatic nitrogens is 1. The molecule has 0 amide bonds. The summed E-state index contributed by atoms with van der Waals surface area (Å²) in [6.45, 7) is 6.70. The zero-order valence-corrected chi connectivity index (χ0v) is 14.8. The van der Waals surface area contributed by atoms with Crippen molar-refractivity contribution in [3.05, 3.63) is 77.5 Å². The minimum Gasteiger partial charge on any atom is -0.252 e. The highest BCUT2D eigenvalue weighted by Crippen LogP contribution is 2.35. The van der Waals surface area contributed by atoms with Crippen molar-refractivity contribution in [3.8, 4) is 22.4 Å². The summed E-state index contributed by atoms with van der Waals surface area (Å²) < 4.78 is 0. The van der Waals surface area contributed by atoms with Gasteiger partial charge in [0.25, 0.3) is 0 Å². The van der Waals surface area contributed by atoms with Gasteiger partial charge in [0.1, 0.15) is 0 Å². The summed E-state index contributed by atoms with van der Waals surface area (Å²) >= 11 is 0. The molecule has 0 unspecified atom stereocenters. The Bertz CT molecular complexity index is 804. The van der Waals surface area contributed by atoms with Crippen LogP contribution in [0.25, 0.3) is 22.4 Å². The van der Waals surface area contributed by atoms with Gasteiger partial charge in [-0.3, -0.25) is 4.98 Å². The second-order valence-corrected chi connectivity index (χ2v) is 6.03. The molecule has 0 fully saturated rings. The van der Waals surface area contributed by atoms with E-state index in [-0.39, 0.29) is 0 Å². The van der Waals surface area contributed by atoms with Crippen LogP contribution in [0.3, 0.4) is 0 Å². The number of benzene rings is 2. The zero-order valence-electron chi connectivity index (χ0n) is 14.8. The lowest BCUT2D eigenvalue weighted by atomic mass is 9.88. The lowest BCUT2D eigenvalue weighted by Crippen LogP contribution is -2.06. The molecule has 0 aliphatic heterocycles. The summed E-state index contributed by atoms with van der Waals surface area (Å²) in [7, 11) is 0. The van der Waals surface area contributed by atoms with Crippen molar-refractivity contribution in [3.63, 3.8) is 0 Å². The zero-order chi connectivity index (χ0) is 16.9. The van der Waals surface area contributed by atoms with Crippen molar-refractivity contribution in [1.29, 1.82) is 0 Å². The van der Waals surface area contributed by atoms with Crippen LogP contribution in [-0.2, 0) is 19.3 Å². The first kappa shape index (κ1) is 16.4. The third-order valence-corrected chi connectivity index (χ3v) is 4.64. The van der Waals surface area contributed by atoms with E-state index in [1.165, 1.54) is 33.5 Å². The normalized spacial score (nSPS) is 10.8. The minimum atomic E-state index is 0.945. The highest BCUT2D eigenvalue weighted by molar-refractivity contribution is 5.76. The van der Waals surface area contributed by atoms with E-state index < -0.39 is 0 Å². The van der Waals surface area contributed by atoms with Crippen LogP contribution in [0.15, 0.2) is 60.7 Å². The van der Waals surface area contributed by atoms with E-state index >= 15 is 0 Å². The molecule has 2 aromatic carbocycles. The number of rotatable bonds is 5. The third-order valence-electron chi connectivity index (χ3n) is 4.64. The summed E-state index contributed by atoms with van der Waals surface area (Å²) in [5.74, 6) is 0. The summed E-state index contributed by atoms with van der Waals surface area (Å²) in [4.78, 5) is 5.12. The summed E-state index contributed by atoms with van der Waals surface area (Å²) in [6, 6.07) is 21.3. The van der Waals surface area contributed by atoms with E-state index in [0.717, 1.165) is 25.0 Å². The van der Waals surface area contributed by atoms with Gasteiger partial charge in [-0.1, -0.05) is 81.4 Å². The quantitative estimate of drug-likeness (QED) is 0.554. The van der Waals surface area contributed by atoms with Gasteiger partial charge in [0.15, 0.2) is 0 Å². The lowest BCUT2D eigenvalue weighted by Gasteiger charge is -2.20. The molecule has 0 saturated carbocycles. The molecule has 1 heteroatoms. The van der Waals surface area contributed by atoms with E-state index in [2.05, 4.69) is 81.4 Å². The van der Waals surface area contributed by atoms with Crippen LogP contribution in [0.2, 0.25) is 0 Å². The molecular formula is C23H25N. The number of hydrogen-bond acceptors (Lipinski definition) is 1. The standard InChI is InChI=1S/C23H25N/c1-4-19-20(5-2)23(18-15-11-8-12-16-18)24-21(6-3)22(19)17-13-9-7-10-14-17/h7-16H,4-6H2,1-3H3. The minimum absolute atomic E-state index is 0.945. The van der Waals surface area contributed by atoms with Crippen LogP contribution in [0.5, 0.6) is 0 Å². The Hall–Kier alpha value is -2.41. The maximum atomic E-state index is 5.12. The molecule has 0 radical (unpaired) electrons. The molecule has 1 nitrogen and oxygen atoms in total. The SMILES string of the molecule is CCc1nc(-c2ccccc2)c(CC)c(CC)c1-c1ccccc1. The monoisotopic (exact) mass is 315 g/mol. The van der Waals surface area contributed by atoms with Crippen LogP contribution in [0, 0.1) is 0 Å². The fourth-order valence-electron chi connectivity index (χ4n) is 3.53. The van der Waals surface area contributed by atoms with Gasteiger partial charge in [0, 0.05) is 16.8 Å². The van der Waals surface area contributed by atoms with Crippen molar-refractivity contribution < 1.29 is 0 Å². The first-order valence-electron chi connectivity index (χ1n) is 8.95. The van der Waals surface area contributed by atoms with Crippen LogP contribution >= 0.6 is 0 Å². The second-order valence-electron chi connectivity index (χ2n) is 6.03. The summed E-state index contributed by atoms with van der Waals surface area (Å²) in [5, 5.41) is 0. The predicted molar refractivity (Wildman–Crippen MR) is 103 cm³/mol. The molecule has 24 heavy (non-hydrogen) atoms. The molecule has 0 aliphatic rings. The van der Waals surface area contributed by atoms with Crippen molar-refractivity contribution in [1.82, 2.24) is 4.98 Å². The second kappa shape index (κ2) is 7.44. The van der Waals surface area contributed by atoms with Gasteiger partial charge in [-0.2, -0.15) is 0 Å². The Morgan fingerprint density at radius 3 is 1.67 bits per heavy atom. The van der Waals surface area contributed by atoms with Gasteiger partial charge >= 0.3 is 0 Å². The molecule has 0 saturated heterocycles. The molecule has 122 valence electrons. The van der Waals surface area contributed by atoms with Gasteiger partial charge in [0.05, 0.1) is 5.69 Å². The van der Waals surface area contributed by atoms with Crippen LogP contribution in [-0.4, -0.2) is 4.98 Å². The van der Waals surface area contributed by atoms with Gasteiger partial charge < -0.3 is 0 Å². The molecule has 0 bridgehead atoms. The van der Waals surface area contributed by atoms with Crippen molar-refractivity contribution in [2.45, 2.75) is 40.0 Å². The maximum absolute atomic E-state index is 5.12. The van der Waals surface area contributed by atoms with Crippen LogP contribution in [0.4, 0.5) is 0 Å². The van der Waals surface area contributed by atoms with E-state index in [1.807, 2.05) is 0 Å². The first-order chi connectivity index (χ1) is 11.8.